The summed E-state index contributed by atoms with van der Waals surface area (Å²) in [6.45, 7) is 4.42. The number of thiazole rings is 1. The molecule has 0 aliphatic heterocycles. The first kappa shape index (κ1) is 25.6. The van der Waals surface area contributed by atoms with Gasteiger partial charge in [0.2, 0.25) is 0 Å². The van der Waals surface area contributed by atoms with Gasteiger partial charge in [0.25, 0.3) is 15.9 Å². The molecule has 5 rings (SSSR count). The van der Waals surface area contributed by atoms with Gasteiger partial charge in [-0.3, -0.25) is 14.0 Å². The molecule has 38 heavy (non-hydrogen) atoms. The summed E-state index contributed by atoms with van der Waals surface area (Å²) < 4.78 is 28.7. The van der Waals surface area contributed by atoms with E-state index in [-0.39, 0.29) is 10.8 Å². The van der Waals surface area contributed by atoms with Gasteiger partial charge < -0.3 is 0 Å². The summed E-state index contributed by atoms with van der Waals surface area (Å²) in [6, 6.07) is 28.9. The molecule has 0 radical (unpaired) electrons. The van der Waals surface area contributed by atoms with Gasteiger partial charge >= 0.3 is 0 Å². The van der Waals surface area contributed by atoms with Crippen molar-refractivity contribution in [1.82, 2.24) is 4.98 Å². The van der Waals surface area contributed by atoms with E-state index >= 15 is 0 Å². The summed E-state index contributed by atoms with van der Waals surface area (Å²) >= 11 is 1.48. The number of hydrogen-bond acceptors (Lipinski definition) is 5. The Labute approximate surface area is 226 Å². The van der Waals surface area contributed by atoms with E-state index in [4.69, 9.17) is 4.98 Å². The van der Waals surface area contributed by atoms with Crippen LogP contribution in [0.15, 0.2) is 102 Å². The maximum Gasteiger partial charge on any atom is 0.264 e. The first-order valence-corrected chi connectivity index (χ1v) is 14.4. The average molecular weight is 542 g/mol. The van der Waals surface area contributed by atoms with E-state index in [1.54, 1.807) is 41.3 Å². The van der Waals surface area contributed by atoms with Gasteiger partial charge in [0.05, 0.1) is 27.3 Å². The normalized spacial score (nSPS) is 11.4. The zero-order chi connectivity index (χ0) is 26.9. The van der Waals surface area contributed by atoms with Crippen molar-refractivity contribution in [2.75, 3.05) is 16.3 Å². The SMILES string of the molecule is Cc1cc(C)c2sc(N(Cc3ccccc3)C(=O)c3ccc(S(=O)(=O)N(C)c4ccccc4)cc3)nc2c1. The first-order chi connectivity index (χ1) is 18.2. The number of amides is 1. The van der Waals surface area contributed by atoms with Crippen molar-refractivity contribution >= 4 is 48.3 Å². The second-order valence-corrected chi connectivity index (χ2v) is 12.1. The Morgan fingerprint density at radius 3 is 2.16 bits per heavy atom. The largest absolute Gasteiger partial charge is 0.279 e. The highest BCUT2D eigenvalue weighted by Gasteiger charge is 2.25. The van der Waals surface area contributed by atoms with E-state index in [9.17, 15) is 13.2 Å². The van der Waals surface area contributed by atoms with Gasteiger partial charge in [-0.15, -0.1) is 0 Å². The molecule has 1 aromatic heterocycles. The average Bonchev–Trinajstić information content (AvgIpc) is 3.36. The lowest BCUT2D eigenvalue weighted by Crippen LogP contribution is -2.30. The van der Waals surface area contributed by atoms with Crippen LogP contribution in [0.5, 0.6) is 0 Å². The third kappa shape index (κ3) is 5.05. The molecule has 5 aromatic rings. The Bertz CT molecular complexity index is 1700. The summed E-state index contributed by atoms with van der Waals surface area (Å²) in [5, 5.41) is 0.600. The lowest BCUT2D eigenvalue weighted by molar-refractivity contribution is 0.0985. The number of rotatable bonds is 7. The van der Waals surface area contributed by atoms with Gasteiger partial charge in [-0.05, 0) is 73.0 Å². The number of anilines is 2. The van der Waals surface area contributed by atoms with Gasteiger partial charge in [0.1, 0.15) is 0 Å². The minimum absolute atomic E-state index is 0.112. The van der Waals surface area contributed by atoms with E-state index in [2.05, 4.69) is 6.07 Å². The van der Waals surface area contributed by atoms with E-state index < -0.39 is 10.0 Å². The van der Waals surface area contributed by atoms with Crippen LogP contribution >= 0.6 is 11.3 Å². The molecule has 8 heteroatoms. The molecule has 0 fully saturated rings. The molecule has 0 bridgehead atoms. The molecule has 0 saturated carbocycles. The summed E-state index contributed by atoms with van der Waals surface area (Å²) in [5.74, 6) is -0.248. The number of nitrogens with zero attached hydrogens (tertiary/aromatic N) is 3. The highest BCUT2D eigenvalue weighted by atomic mass is 32.2. The number of para-hydroxylation sites is 1. The zero-order valence-electron chi connectivity index (χ0n) is 21.3. The standard InChI is InChI=1S/C30H27N3O3S2/c1-21-18-22(2)28-27(19-21)31-30(37-28)33(20-23-10-6-4-7-11-23)29(34)24-14-16-26(17-15-24)38(35,36)32(3)25-12-8-5-9-13-25/h4-19H,20H2,1-3H3. The maximum absolute atomic E-state index is 13.8. The molecule has 4 aromatic carbocycles. The number of fused-ring (bicyclic) bond motifs is 1. The highest BCUT2D eigenvalue weighted by molar-refractivity contribution is 7.92. The van der Waals surface area contributed by atoms with Crippen molar-refractivity contribution in [3.05, 3.63) is 119 Å². The predicted octanol–water partition coefficient (Wildman–Crippen LogP) is 6.59. The summed E-state index contributed by atoms with van der Waals surface area (Å²) in [5.41, 5.74) is 5.01. The zero-order valence-corrected chi connectivity index (χ0v) is 23.0. The quantitative estimate of drug-likeness (QED) is 0.233. The van der Waals surface area contributed by atoms with E-state index in [0.29, 0.717) is 22.9 Å². The van der Waals surface area contributed by atoms with E-state index in [1.165, 1.54) is 34.8 Å². The lowest BCUT2D eigenvalue weighted by Gasteiger charge is -2.21. The van der Waals surface area contributed by atoms with Crippen LogP contribution in [0.4, 0.5) is 10.8 Å². The number of sulfonamides is 1. The third-order valence-corrected chi connectivity index (χ3v) is 9.38. The number of carbonyl (C=O) groups excluding carboxylic acids is 1. The molecule has 1 heterocycles. The Kier molecular flexibility index (Phi) is 7.01. The van der Waals surface area contributed by atoms with Crippen LogP contribution in [0.25, 0.3) is 10.2 Å². The molecule has 0 atom stereocenters. The van der Waals surface area contributed by atoms with E-state index in [0.717, 1.165) is 26.9 Å². The molecule has 0 spiro atoms. The molecule has 1 amide bonds. The van der Waals surface area contributed by atoms with Crippen LogP contribution in [-0.4, -0.2) is 26.4 Å². The molecule has 192 valence electrons. The minimum Gasteiger partial charge on any atom is -0.279 e. The Hall–Kier alpha value is -4.01. The molecule has 6 nitrogen and oxygen atoms in total. The van der Waals surface area contributed by atoms with Crippen molar-refractivity contribution in [3.8, 4) is 0 Å². The summed E-state index contributed by atoms with van der Waals surface area (Å²) in [7, 11) is -2.27. The van der Waals surface area contributed by atoms with Crippen LogP contribution in [0.1, 0.15) is 27.0 Å². The summed E-state index contributed by atoms with van der Waals surface area (Å²) in [6.07, 6.45) is 0. The van der Waals surface area contributed by atoms with Gasteiger partial charge in [0, 0.05) is 12.6 Å². The van der Waals surface area contributed by atoms with Gasteiger partial charge in [-0.2, -0.15) is 0 Å². The van der Waals surface area contributed by atoms with Gasteiger partial charge in [-0.25, -0.2) is 13.4 Å². The number of aryl methyl sites for hydroxylation is 2. The topological polar surface area (TPSA) is 70.6 Å². The fourth-order valence-corrected chi connectivity index (χ4v) is 6.54. The Morgan fingerprint density at radius 1 is 0.868 bits per heavy atom. The van der Waals surface area contributed by atoms with E-state index in [1.807, 2.05) is 56.3 Å². The second-order valence-electron chi connectivity index (χ2n) is 9.14. The molecule has 0 aliphatic carbocycles. The summed E-state index contributed by atoms with van der Waals surface area (Å²) in [4.78, 5) is 20.4. The molecule has 0 saturated heterocycles. The fraction of sp³-hybridized carbons (Fsp3) is 0.133. The van der Waals surface area contributed by atoms with Crippen LogP contribution in [-0.2, 0) is 16.6 Å². The maximum atomic E-state index is 13.8. The van der Waals surface area contributed by atoms with Crippen molar-refractivity contribution in [2.45, 2.75) is 25.3 Å². The number of aromatic nitrogens is 1. The molecular formula is C30H27N3O3S2. The fourth-order valence-electron chi connectivity index (χ4n) is 4.33. The molecular weight excluding hydrogens is 514 g/mol. The monoisotopic (exact) mass is 541 g/mol. The molecule has 0 N–H and O–H groups in total. The molecule has 0 unspecified atom stereocenters. The minimum atomic E-state index is -3.78. The van der Waals surface area contributed by atoms with Crippen molar-refractivity contribution in [2.24, 2.45) is 0 Å². The highest BCUT2D eigenvalue weighted by Crippen LogP contribution is 2.34. The van der Waals surface area contributed by atoms with Gasteiger partial charge in [0.15, 0.2) is 5.13 Å². The Morgan fingerprint density at radius 2 is 1.50 bits per heavy atom. The lowest BCUT2D eigenvalue weighted by atomic mass is 10.1. The third-order valence-electron chi connectivity index (χ3n) is 6.35. The van der Waals surface area contributed by atoms with Crippen molar-refractivity contribution in [3.63, 3.8) is 0 Å². The van der Waals surface area contributed by atoms with Gasteiger partial charge in [-0.1, -0.05) is 65.9 Å². The smallest absolute Gasteiger partial charge is 0.264 e. The number of benzene rings is 4. The van der Waals surface area contributed by atoms with Crippen LogP contribution in [0.3, 0.4) is 0 Å². The van der Waals surface area contributed by atoms with Crippen LogP contribution in [0, 0.1) is 13.8 Å². The van der Waals surface area contributed by atoms with Crippen molar-refractivity contribution in [1.29, 1.82) is 0 Å². The molecule has 0 aliphatic rings. The van der Waals surface area contributed by atoms with Crippen LogP contribution < -0.4 is 9.21 Å². The van der Waals surface area contributed by atoms with Crippen molar-refractivity contribution < 1.29 is 13.2 Å². The first-order valence-electron chi connectivity index (χ1n) is 12.1. The Balaban J connectivity index is 1.49. The second kappa shape index (κ2) is 10.4. The predicted molar refractivity (Wildman–Crippen MR) is 155 cm³/mol. The number of hydrogen-bond donors (Lipinski definition) is 0. The number of carbonyl (C=O) groups is 1. The van der Waals surface area contributed by atoms with Crippen LogP contribution in [0.2, 0.25) is 0 Å².